The molecule has 2 rings (SSSR count). The van der Waals surface area contributed by atoms with E-state index in [9.17, 15) is 4.79 Å². The summed E-state index contributed by atoms with van der Waals surface area (Å²) in [5.74, 6) is -0.337. The first kappa shape index (κ1) is 11.9. The average Bonchev–Trinajstić information content (AvgIpc) is 2.40. The van der Waals surface area contributed by atoms with Gasteiger partial charge in [0.05, 0.1) is 18.4 Å². The molecule has 0 radical (unpaired) electrons. The van der Waals surface area contributed by atoms with Crippen LogP contribution in [0.3, 0.4) is 0 Å². The molecule has 0 bridgehead atoms. The number of aromatic nitrogens is 4. The van der Waals surface area contributed by atoms with Crippen molar-refractivity contribution < 1.29 is 9.53 Å². The van der Waals surface area contributed by atoms with Crippen molar-refractivity contribution in [1.29, 1.82) is 0 Å². The third kappa shape index (κ3) is 2.57. The summed E-state index contributed by atoms with van der Waals surface area (Å²) in [4.78, 5) is 19.3. The van der Waals surface area contributed by atoms with E-state index in [1.54, 1.807) is 19.2 Å². The molecule has 2 aromatic rings. The fraction of sp³-hybridized carbons (Fsp3) is 0.182. The Morgan fingerprint density at radius 1 is 1.33 bits per heavy atom. The highest BCUT2D eigenvalue weighted by atomic mass is 16.5. The molecule has 0 aliphatic heterocycles. The van der Waals surface area contributed by atoms with Crippen LogP contribution in [-0.2, 0) is 4.74 Å². The summed E-state index contributed by atoms with van der Waals surface area (Å²) in [6, 6.07) is 1.62. The minimum atomic E-state index is -0.428. The number of esters is 1. The van der Waals surface area contributed by atoms with E-state index in [0.29, 0.717) is 23.4 Å². The van der Waals surface area contributed by atoms with E-state index in [1.807, 2.05) is 0 Å². The first-order chi connectivity index (χ1) is 8.70. The Hall–Kier alpha value is -2.57. The van der Waals surface area contributed by atoms with Crippen molar-refractivity contribution in [1.82, 2.24) is 20.2 Å². The molecule has 0 saturated carbocycles. The lowest BCUT2D eigenvalue weighted by atomic mass is 10.1. The lowest BCUT2D eigenvalue weighted by molar-refractivity contribution is 0.0526. The molecule has 0 saturated heterocycles. The van der Waals surface area contributed by atoms with E-state index in [1.165, 1.54) is 12.4 Å². The third-order valence-electron chi connectivity index (χ3n) is 2.12. The monoisotopic (exact) mass is 245 g/mol. The number of rotatable bonds is 3. The van der Waals surface area contributed by atoms with E-state index in [4.69, 9.17) is 10.5 Å². The molecule has 0 atom stereocenters. The second-order valence-corrected chi connectivity index (χ2v) is 3.38. The number of ether oxygens (including phenoxy) is 1. The Balaban J connectivity index is 2.32. The van der Waals surface area contributed by atoms with Gasteiger partial charge in [-0.3, -0.25) is 4.98 Å². The second-order valence-electron chi connectivity index (χ2n) is 3.38. The Bertz CT molecular complexity index is 556. The lowest BCUT2D eigenvalue weighted by Gasteiger charge is -2.03. The first-order valence-electron chi connectivity index (χ1n) is 5.28. The zero-order valence-corrected chi connectivity index (χ0v) is 9.70. The lowest BCUT2D eigenvalue weighted by Crippen LogP contribution is -2.05. The second kappa shape index (κ2) is 5.17. The fourth-order valence-electron chi connectivity index (χ4n) is 1.32. The summed E-state index contributed by atoms with van der Waals surface area (Å²) in [6.07, 6.45) is 4.46. The van der Waals surface area contributed by atoms with Crippen LogP contribution < -0.4 is 5.73 Å². The normalized spacial score (nSPS) is 10.1. The van der Waals surface area contributed by atoms with Gasteiger partial charge in [0.2, 0.25) is 5.95 Å². The molecule has 0 aliphatic carbocycles. The quantitative estimate of drug-likeness (QED) is 0.793. The van der Waals surface area contributed by atoms with Gasteiger partial charge in [-0.1, -0.05) is 0 Å². The highest BCUT2D eigenvalue weighted by Gasteiger charge is 2.09. The number of nitrogens with zero attached hydrogens (tertiary/aromatic N) is 4. The summed E-state index contributed by atoms with van der Waals surface area (Å²) < 4.78 is 4.89. The molecular weight excluding hydrogens is 234 g/mol. The van der Waals surface area contributed by atoms with Crippen LogP contribution in [0.15, 0.2) is 24.7 Å². The zero-order valence-electron chi connectivity index (χ0n) is 9.70. The van der Waals surface area contributed by atoms with Gasteiger partial charge in [-0.05, 0) is 13.0 Å². The Labute approximate surface area is 103 Å². The van der Waals surface area contributed by atoms with Gasteiger partial charge in [-0.2, -0.15) is 0 Å². The highest BCUT2D eigenvalue weighted by Crippen LogP contribution is 2.16. The Morgan fingerprint density at radius 2 is 2.17 bits per heavy atom. The topological polar surface area (TPSA) is 104 Å². The first-order valence-corrected chi connectivity index (χ1v) is 5.28. The maximum Gasteiger partial charge on any atom is 0.339 e. The van der Waals surface area contributed by atoms with Crippen LogP contribution >= 0.6 is 0 Å². The molecule has 18 heavy (non-hydrogen) atoms. The molecule has 2 aromatic heterocycles. The molecule has 0 amide bonds. The Kier molecular flexibility index (Phi) is 3.42. The number of anilines is 1. The molecule has 92 valence electrons. The van der Waals surface area contributed by atoms with Crippen molar-refractivity contribution >= 4 is 11.9 Å². The van der Waals surface area contributed by atoms with Gasteiger partial charge in [0.1, 0.15) is 5.69 Å². The van der Waals surface area contributed by atoms with Crippen LogP contribution in [0.2, 0.25) is 0 Å². The number of hydrogen-bond donors (Lipinski definition) is 1. The molecule has 7 nitrogen and oxygen atoms in total. The predicted octanol–water partition coefficient (Wildman–Crippen LogP) is 0.692. The molecule has 0 spiro atoms. The summed E-state index contributed by atoms with van der Waals surface area (Å²) in [6.45, 7) is 2.05. The van der Waals surface area contributed by atoms with Gasteiger partial charge in [0.15, 0.2) is 0 Å². The summed E-state index contributed by atoms with van der Waals surface area (Å²) in [7, 11) is 0. The van der Waals surface area contributed by atoms with Gasteiger partial charge >= 0.3 is 5.97 Å². The molecule has 0 aliphatic rings. The molecule has 0 unspecified atom stereocenters. The zero-order chi connectivity index (χ0) is 13.0. The predicted molar refractivity (Wildman–Crippen MR) is 63.4 cm³/mol. The largest absolute Gasteiger partial charge is 0.462 e. The van der Waals surface area contributed by atoms with Crippen molar-refractivity contribution in [3.05, 3.63) is 30.2 Å². The van der Waals surface area contributed by atoms with Crippen LogP contribution in [0.25, 0.3) is 11.3 Å². The van der Waals surface area contributed by atoms with Crippen molar-refractivity contribution in [2.45, 2.75) is 6.92 Å². The fourth-order valence-corrected chi connectivity index (χ4v) is 1.32. The number of carbonyl (C=O) groups is 1. The molecule has 2 heterocycles. The number of nitrogens with two attached hydrogens (primary N) is 1. The van der Waals surface area contributed by atoms with Crippen LogP contribution in [0.1, 0.15) is 17.3 Å². The average molecular weight is 245 g/mol. The third-order valence-corrected chi connectivity index (χ3v) is 2.12. The van der Waals surface area contributed by atoms with Crippen LogP contribution in [0.4, 0.5) is 5.95 Å². The standard InChI is InChI=1S/C11H11N5O2/c1-2-18-10(17)8-3-7(4-13-5-8)9-6-14-11(12)16-15-9/h3-6H,2H2,1H3,(H2,12,14,16). The highest BCUT2D eigenvalue weighted by molar-refractivity contribution is 5.90. The van der Waals surface area contributed by atoms with Gasteiger partial charge in [0, 0.05) is 18.0 Å². The van der Waals surface area contributed by atoms with E-state index >= 15 is 0 Å². The van der Waals surface area contributed by atoms with Gasteiger partial charge in [-0.25, -0.2) is 9.78 Å². The van der Waals surface area contributed by atoms with Crippen molar-refractivity contribution in [2.24, 2.45) is 0 Å². The van der Waals surface area contributed by atoms with Gasteiger partial charge in [-0.15, -0.1) is 10.2 Å². The van der Waals surface area contributed by atoms with Gasteiger partial charge < -0.3 is 10.5 Å². The van der Waals surface area contributed by atoms with Crippen LogP contribution in [0.5, 0.6) is 0 Å². The molecular formula is C11H11N5O2. The molecule has 0 fully saturated rings. The van der Waals surface area contributed by atoms with Crippen molar-refractivity contribution in [3.63, 3.8) is 0 Å². The van der Waals surface area contributed by atoms with E-state index in [2.05, 4.69) is 20.2 Å². The number of nitrogen functional groups attached to an aromatic ring is 1. The molecule has 7 heteroatoms. The van der Waals surface area contributed by atoms with Crippen LogP contribution in [0, 0.1) is 0 Å². The molecule has 0 aromatic carbocycles. The van der Waals surface area contributed by atoms with Crippen molar-refractivity contribution in [2.75, 3.05) is 12.3 Å². The van der Waals surface area contributed by atoms with Crippen molar-refractivity contribution in [3.8, 4) is 11.3 Å². The smallest absolute Gasteiger partial charge is 0.339 e. The Morgan fingerprint density at radius 3 is 2.83 bits per heavy atom. The summed E-state index contributed by atoms with van der Waals surface area (Å²) in [5.41, 5.74) is 6.82. The van der Waals surface area contributed by atoms with Gasteiger partial charge in [0.25, 0.3) is 0 Å². The SMILES string of the molecule is CCOC(=O)c1cncc(-c2cnc(N)nn2)c1. The number of carbonyl (C=O) groups excluding carboxylic acids is 1. The van der Waals surface area contributed by atoms with E-state index in [0.717, 1.165) is 0 Å². The number of pyridine rings is 1. The van der Waals surface area contributed by atoms with E-state index < -0.39 is 5.97 Å². The number of hydrogen-bond acceptors (Lipinski definition) is 7. The van der Waals surface area contributed by atoms with E-state index in [-0.39, 0.29) is 5.95 Å². The maximum absolute atomic E-state index is 11.5. The maximum atomic E-state index is 11.5. The minimum Gasteiger partial charge on any atom is -0.462 e. The van der Waals surface area contributed by atoms with Crippen LogP contribution in [-0.4, -0.2) is 32.7 Å². The minimum absolute atomic E-state index is 0.0910. The summed E-state index contributed by atoms with van der Waals surface area (Å²) >= 11 is 0. The molecule has 2 N–H and O–H groups in total. The summed E-state index contributed by atoms with van der Waals surface area (Å²) in [5, 5.41) is 7.50.